The minimum atomic E-state index is -0.857. The third-order valence-electron chi connectivity index (χ3n) is 13.5. The zero-order valence-corrected chi connectivity index (χ0v) is 42.8. The van der Waals surface area contributed by atoms with Crippen molar-refractivity contribution >= 4 is 57.7 Å². The fraction of sp³-hybridized carbons (Fsp3) is 0.365. The largest absolute Gasteiger partial charge is 0.474 e. The molecule has 17 nitrogen and oxygen atoms in total. The molecular weight excluding hydrogens is 976 g/mol. The van der Waals surface area contributed by atoms with Crippen LogP contribution in [0.2, 0.25) is 5.02 Å². The van der Waals surface area contributed by atoms with Crippen molar-refractivity contribution in [2.75, 3.05) is 6.54 Å². The maximum atomic E-state index is 14.2. The van der Waals surface area contributed by atoms with Gasteiger partial charge in [0.05, 0.1) is 40.5 Å². The monoisotopic (exact) mass is 1030 g/mol. The van der Waals surface area contributed by atoms with Crippen LogP contribution in [0, 0.1) is 33.6 Å². The number of likely N-dealkylation sites (tertiary alicyclic amines) is 1. The summed E-state index contributed by atoms with van der Waals surface area (Å²) in [5.41, 5.74) is 8.57. The molecule has 1 aliphatic carbocycles. The summed E-state index contributed by atoms with van der Waals surface area (Å²) in [6.45, 7) is 12.1. The number of carbonyl (C=O) groups is 3. The number of aryl methyl sites for hydroxylation is 3. The number of aliphatic hydroxyl groups is 1. The van der Waals surface area contributed by atoms with E-state index in [-0.39, 0.29) is 73.4 Å². The first-order chi connectivity index (χ1) is 34.7. The highest BCUT2D eigenvalue weighted by atomic mass is 35.5. The molecule has 1 saturated carbocycles. The number of amides is 3. The van der Waals surface area contributed by atoms with Crippen LogP contribution in [-0.4, -0.2) is 94.2 Å². The molecule has 0 spiro atoms. The number of aliphatic imine (C=N–C) groups is 1. The maximum Gasteiger partial charge on any atom is 0.259 e. The molecule has 2 aliphatic heterocycles. The number of pyridine rings is 1. The molecule has 3 N–H and O–H groups in total. The first-order valence-corrected chi connectivity index (χ1v) is 25.9. The van der Waals surface area contributed by atoms with E-state index in [0.29, 0.717) is 35.3 Å². The van der Waals surface area contributed by atoms with E-state index in [9.17, 15) is 19.5 Å². The molecule has 20 heteroatoms. The lowest BCUT2D eigenvalue weighted by Crippen LogP contribution is -2.49. The second-order valence-electron chi connectivity index (χ2n) is 18.9. The van der Waals surface area contributed by atoms with Crippen LogP contribution in [0.5, 0.6) is 17.5 Å². The number of ether oxygens (including phenoxy) is 2. The number of benzene rings is 2. The number of nitrogens with one attached hydrogen (secondary N) is 2. The van der Waals surface area contributed by atoms with Gasteiger partial charge >= 0.3 is 0 Å². The standard InChI is InChI=1S/C52H53ClN10O7S2/c1-26(2)45(51(67)62-24-36(64)19-40(62)50(66)55-22-31-7-9-33(10-8-31)48-28(4)56-25-71-48)41-21-44(61-70-41)68-37-15-16-43(54-23-37)69-38-17-35(18-38)57-42(65)20-39-49-60-59-30(6)63(49)52-46(27(3)29(5)72-52)47(58-39)32-11-13-34(53)14-12-32/h7-16,21,23,25-26,35-36,38-40,45,64H,17-20,22,24H2,1-6H3,(H,55,66)(H,57,65)/t35-,36-,38+,39+,40+,45-/m1/s1. The summed E-state index contributed by atoms with van der Waals surface area (Å²) >= 11 is 9.51. The second-order valence-corrected chi connectivity index (χ2v) is 21.4. The van der Waals surface area contributed by atoms with Gasteiger partial charge in [-0.15, -0.1) is 32.9 Å². The van der Waals surface area contributed by atoms with Gasteiger partial charge in [0.25, 0.3) is 5.88 Å². The molecule has 0 bridgehead atoms. The lowest BCUT2D eigenvalue weighted by atomic mass is 9.89. The smallest absolute Gasteiger partial charge is 0.259 e. The van der Waals surface area contributed by atoms with Crippen molar-refractivity contribution in [3.05, 3.63) is 134 Å². The highest BCUT2D eigenvalue weighted by Crippen LogP contribution is 2.40. The predicted molar refractivity (Wildman–Crippen MR) is 272 cm³/mol. The number of β-amino-alcohol motifs (C(OH)–C–C–N with tert-alkyl or cyclic N) is 1. The van der Waals surface area contributed by atoms with Gasteiger partial charge in [0.1, 0.15) is 40.7 Å². The number of fused-ring (bicyclic) bond motifs is 3. The van der Waals surface area contributed by atoms with Gasteiger partial charge < -0.3 is 34.6 Å². The van der Waals surface area contributed by atoms with Crippen molar-refractivity contribution in [2.24, 2.45) is 10.9 Å². The number of nitrogens with zero attached hydrogens (tertiary/aromatic N) is 8. The molecule has 3 aliphatic rings. The Kier molecular flexibility index (Phi) is 13.8. The number of rotatable bonds is 15. The quantitative estimate of drug-likeness (QED) is 0.0882. The molecule has 7 aromatic rings. The fourth-order valence-corrected chi connectivity index (χ4v) is 11.7. The zero-order chi connectivity index (χ0) is 50.4. The summed E-state index contributed by atoms with van der Waals surface area (Å²) in [6, 6.07) is 18.9. The Hall–Kier alpha value is -6.80. The number of carbonyl (C=O) groups excluding carboxylic acids is 3. The van der Waals surface area contributed by atoms with Crippen molar-refractivity contribution in [1.29, 1.82) is 0 Å². The van der Waals surface area contributed by atoms with Crippen molar-refractivity contribution in [2.45, 2.75) is 110 Å². The van der Waals surface area contributed by atoms with Crippen molar-refractivity contribution < 1.29 is 33.5 Å². The topological polar surface area (TPSA) is 212 Å². The van der Waals surface area contributed by atoms with E-state index in [1.54, 1.807) is 40.9 Å². The van der Waals surface area contributed by atoms with Crippen molar-refractivity contribution in [3.8, 4) is 33.0 Å². The van der Waals surface area contributed by atoms with Gasteiger partial charge in [0, 0.05) is 71.6 Å². The fourth-order valence-electron chi connectivity index (χ4n) is 9.51. The van der Waals surface area contributed by atoms with E-state index in [4.69, 9.17) is 30.6 Å². The minimum Gasteiger partial charge on any atom is -0.474 e. The highest BCUT2D eigenvalue weighted by molar-refractivity contribution is 7.15. The van der Waals surface area contributed by atoms with Gasteiger partial charge in [-0.1, -0.05) is 61.8 Å². The zero-order valence-electron chi connectivity index (χ0n) is 40.5. The van der Waals surface area contributed by atoms with Crippen LogP contribution in [0.1, 0.15) is 102 Å². The number of thiazole rings is 1. The van der Waals surface area contributed by atoms with Crippen molar-refractivity contribution in [1.82, 2.24) is 45.4 Å². The van der Waals surface area contributed by atoms with Crippen molar-refractivity contribution in [3.63, 3.8) is 0 Å². The number of hydrogen-bond donors (Lipinski definition) is 3. The molecule has 2 aromatic carbocycles. The van der Waals surface area contributed by atoms with E-state index >= 15 is 0 Å². The van der Waals surface area contributed by atoms with Crippen LogP contribution in [-0.2, 0) is 20.9 Å². The summed E-state index contributed by atoms with van der Waals surface area (Å²) in [6.07, 6.45) is 1.90. The van der Waals surface area contributed by atoms with Gasteiger partial charge in [0.2, 0.25) is 23.6 Å². The number of aromatic nitrogens is 6. The maximum absolute atomic E-state index is 14.2. The Labute approximate surface area is 428 Å². The third kappa shape index (κ3) is 10.0. The second kappa shape index (κ2) is 20.4. The summed E-state index contributed by atoms with van der Waals surface area (Å²) in [4.78, 5) is 59.1. The van der Waals surface area contributed by atoms with Gasteiger partial charge in [-0.3, -0.25) is 23.9 Å². The Balaban J connectivity index is 0.719. The number of hydrogen-bond acceptors (Lipinski definition) is 15. The number of aliphatic hydroxyl groups excluding tert-OH is 1. The van der Waals surface area contributed by atoms with Crippen LogP contribution in [0.3, 0.4) is 0 Å². The number of halogens is 1. The molecular formula is C52H53ClN10O7S2. The molecule has 4 atom stereocenters. The van der Waals surface area contributed by atoms with Crippen LogP contribution in [0.25, 0.3) is 15.4 Å². The molecule has 10 rings (SSSR count). The molecule has 72 heavy (non-hydrogen) atoms. The number of thiophene rings is 1. The molecule has 372 valence electrons. The van der Waals surface area contributed by atoms with Crippen LogP contribution >= 0.6 is 34.3 Å². The average Bonchev–Trinajstić information content (AvgIpc) is 4.19. The lowest BCUT2D eigenvalue weighted by Gasteiger charge is -2.35. The van der Waals surface area contributed by atoms with Gasteiger partial charge in [-0.2, -0.15) is 0 Å². The highest BCUT2D eigenvalue weighted by Gasteiger charge is 2.43. The Morgan fingerprint density at radius 3 is 2.42 bits per heavy atom. The van der Waals surface area contributed by atoms with Crippen LogP contribution < -0.4 is 20.1 Å². The third-order valence-corrected chi connectivity index (χ3v) is 15.9. The Morgan fingerprint density at radius 1 is 0.944 bits per heavy atom. The lowest BCUT2D eigenvalue weighted by molar-refractivity contribution is -0.141. The Bertz CT molecular complexity index is 3160. The Morgan fingerprint density at radius 2 is 1.71 bits per heavy atom. The first-order valence-electron chi connectivity index (χ1n) is 23.9. The van der Waals surface area contributed by atoms with Gasteiger partial charge in [-0.05, 0) is 73.7 Å². The van der Waals surface area contributed by atoms with E-state index in [1.807, 2.05) is 86.3 Å². The van der Waals surface area contributed by atoms with Crippen LogP contribution in [0.4, 0.5) is 0 Å². The summed E-state index contributed by atoms with van der Waals surface area (Å²) in [5, 5.41) is 31.4. The molecule has 1 saturated heterocycles. The molecule has 3 amide bonds. The normalized spacial score (nSPS) is 19.7. The van der Waals surface area contributed by atoms with Gasteiger partial charge in [-0.25, -0.2) is 9.97 Å². The predicted octanol–water partition coefficient (Wildman–Crippen LogP) is 8.54. The molecule has 0 radical (unpaired) electrons. The molecule has 5 aromatic heterocycles. The van der Waals surface area contributed by atoms with Crippen LogP contribution in [0.15, 0.2) is 88.0 Å². The summed E-state index contributed by atoms with van der Waals surface area (Å²) in [5.74, 6) is 0.622. The van der Waals surface area contributed by atoms with E-state index in [1.165, 1.54) is 16.0 Å². The minimum absolute atomic E-state index is 0.0158. The molecule has 0 unspecified atom stereocenters. The van der Waals surface area contributed by atoms with E-state index in [0.717, 1.165) is 54.9 Å². The van der Waals surface area contributed by atoms with E-state index in [2.05, 4.69) is 49.8 Å². The SMILES string of the molecule is Cc1ncsc1-c1ccc(CNC(=O)[C@@H]2C[C@@H](O)CN2C(=O)[C@@H](c2cc(Oc3ccc(O[C@H]4C[C@@H](NC(=O)C[C@@H]5N=C(c6ccc(Cl)cc6)c6c(sc(C)c6C)-n6c(C)nnc65)C4)nc3)no2)C(C)C)cc1. The van der Waals surface area contributed by atoms with Gasteiger partial charge in [0.15, 0.2) is 11.6 Å². The summed E-state index contributed by atoms with van der Waals surface area (Å²) in [7, 11) is 0. The summed E-state index contributed by atoms with van der Waals surface area (Å²) < 4.78 is 19.8. The first kappa shape index (κ1) is 48.8. The van der Waals surface area contributed by atoms with E-state index < -0.39 is 24.1 Å². The average molecular weight is 1030 g/mol. The molecule has 2 fully saturated rings. The molecule has 7 heterocycles.